The molecule has 0 spiro atoms. The van der Waals surface area contributed by atoms with Crippen molar-refractivity contribution in [3.05, 3.63) is 0 Å². The van der Waals surface area contributed by atoms with E-state index in [1.807, 2.05) is 0 Å². The molecule has 0 aromatic carbocycles. The first kappa shape index (κ1) is 14.3. The van der Waals surface area contributed by atoms with Gasteiger partial charge in [0.05, 0.1) is 25.2 Å². The van der Waals surface area contributed by atoms with E-state index >= 15 is 0 Å². The van der Waals surface area contributed by atoms with Crippen LogP contribution in [0.4, 0.5) is 0 Å². The predicted molar refractivity (Wildman–Crippen MR) is 61.0 cm³/mol. The van der Waals surface area contributed by atoms with Gasteiger partial charge in [0.15, 0.2) is 0 Å². The van der Waals surface area contributed by atoms with Gasteiger partial charge in [0.25, 0.3) is 0 Å². The van der Waals surface area contributed by atoms with Crippen LogP contribution in [0.3, 0.4) is 0 Å². The second-order valence-electron chi connectivity index (χ2n) is 3.38. The fourth-order valence-electron chi connectivity index (χ4n) is 1.33. The van der Waals surface area contributed by atoms with Crippen LogP contribution in [-0.2, 0) is 24.3 Å². The average molecular weight is 283 g/mol. The number of thioether (sulfide) groups is 1. The number of methoxy groups -OCH3 is 1. The SMILES string of the molecule is COC(=O)CCS(=O)(=O)N1CSC[C@H]1C(=O)O. The van der Waals surface area contributed by atoms with Crippen LogP contribution >= 0.6 is 11.8 Å². The third-order valence-corrected chi connectivity index (χ3v) is 5.27. The Labute approximate surface area is 103 Å². The normalized spacial score (nSPS) is 21.4. The van der Waals surface area contributed by atoms with Gasteiger partial charge in [0.1, 0.15) is 6.04 Å². The minimum absolute atomic E-state index is 0.112. The van der Waals surface area contributed by atoms with Crippen molar-refractivity contribution < 1.29 is 27.9 Å². The molecule has 0 aliphatic carbocycles. The van der Waals surface area contributed by atoms with Crippen molar-refractivity contribution >= 4 is 33.7 Å². The third kappa shape index (κ3) is 3.58. The minimum atomic E-state index is -3.73. The number of carbonyl (C=O) groups is 2. The molecule has 0 radical (unpaired) electrons. The number of esters is 1. The lowest BCUT2D eigenvalue weighted by Crippen LogP contribution is -2.43. The Morgan fingerprint density at radius 3 is 2.71 bits per heavy atom. The largest absolute Gasteiger partial charge is 0.480 e. The van der Waals surface area contributed by atoms with E-state index in [9.17, 15) is 18.0 Å². The summed E-state index contributed by atoms with van der Waals surface area (Å²) in [7, 11) is -2.56. The standard InChI is InChI=1S/C8H13NO6S2/c1-15-7(10)2-3-17(13,14)9-5-16-4-6(9)8(11)12/h6H,2-5H2,1H3,(H,11,12)/t6-/m0/s1. The topological polar surface area (TPSA) is 101 Å². The van der Waals surface area contributed by atoms with Gasteiger partial charge in [0.2, 0.25) is 10.0 Å². The molecule has 1 saturated heterocycles. The zero-order valence-electron chi connectivity index (χ0n) is 9.16. The summed E-state index contributed by atoms with van der Waals surface area (Å²) in [6.45, 7) is 0. The van der Waals surface area contributed by atoms with Crippen LogP contribution in [0.25, 0.3) is 0 Å². The molecule has 1 heterocycles. The lowest BCUT2D eigenvalue weighted by molar-refractivity contribution is -0.140. The van der Waals surface area contributed by atoms with Crippen LogP contribution in [0.2, 0.25) is 0 Å². The van der Waals surface area contributed by atoms with E-state index in [2.05, 4.69) is 4.74 Å². The number of nitrogens with zero attached hydrogens (tertiary/aromatic N) is 1. The summed E-state index contributed by atoms with van der Waals surface area (Å²) in [6.07, 6.45) is -0.271. The Balaban J connectivity index is 2.69. The summed E-state index contributed by atoms with van der Waals surface area (Å²) in [5.41, 5.74) is 0. The van der Waals surface area contributed by atoms with Crippen molar-refractivity contribution in [2.75, 3.05) is 24.5 Å². The molecule has 0 bridgehead atoms. The van der Waals surface area contributed by atoms with Crippen LogP contribution < -0.4 is 0 Å². The summed E-state index contributed by atoms with van der Waals surface area (Å²) < 4.78 is 28.9. The summed E-state index contributed by atoms with van der Waals surface area (Å²) in [6, 6.07) is -1.04. The van der Waals surface area contributed by atoms with Gasteiger partial charge < -0.3 is 9.84 Å². The fourth-order valence-corrected chi connectivity index (χ4v) is 4.51. The molecule has 0 saturated carbocycles. The molecule has 17 heavy (non-hydrogen) atoms. The van der Waals surface area contributed by atoms with E-state index in [4.69, 9.17) is 5.11 Å². The highest BCUT2D eigenvalue weighted by Gasteiger charge is 2.39. The molecule has 1 aliphatic rings. The molecule has 9 heteroatoms. The van der Waals surface area contributed by atoms with E-state index in [0.717, 1.165) is 4.31 Å². The second kappa shape index (κ2) is 5.69. The Hall–Kier alpha value is -0.800. The van der Waals surface area contributed by atoms with Gasteiger partial charge >= 0.3 is 11.9 Å². The molecule has 1 rings (SSSR count). The Bertz CT molecular complexity index is 406. The van der Waals surface area contributed by atoms with Gasteiger partial charge in [-0.2, -0.15) is 4.31 Å². The number of hydrogen-bond donors (Lipinski definition) is 1. The molecule has 0 aromatic heterocycles. The first-order valence-corrected chi connectivity index (χ1v) is 7.51. The molecular formula is C8H13NO6S2. The maximum absolute atomic E-state index is 11.8. The molecule has 0 unspecified atom stereocenters. The van der Waals surface area contributed by atoms with Crippen molar-refractivity contribution in [2.45, 2.75) is 12.5 Å². The van der Waals surface area contributed by atoms with Gasteiger partial charge in [-0.15, -0.1) is 11.8 Å². The first-order valence-electron chi connectivity index (χ1n) is 4.75. The van der Waals surface area contributed by atoms with Crippen LogP contribution in [0.1, 0.15) is 6.42 Å². The highest BCUT2D eigenvalue weighted by molar-refractivity contribution is 8.00. The van der Waals surface area contributed by atoms with Gasteiger partial charge in [-0.05, 0) is 0 Å². The number of sulfonamides is 1. The van der Waals surface area contributed by atoms with Gasteiger partial charge in [-0.25, -0.2) is 8.42 Å². The first-order chi connectivity index (χ1) is 7.88. The lowest BCUT2D eigenvalue weighted by Gasteiger charge is -2.19. The molecule has 1 aliphatic heterocycles. The molecule has 0 amide bonds. The van der Waals surface area contributed by atoms with E-state index < -0.39 is 33.8 Å². The Kier molecular flexibility index (Phi) is 4.78. The summed E-state index contributed by atoms with van der Waals surface area (Å²) >= 11 is 1.24. The zero-order chi connectivity index (χ0) is 13.1. The second-order valence-corrected chi connectivity index (χ2v) is 6.42. The summed E-state index contributed by atoms with van der Waals surface area (Å²) in [5, 5.41) is 8.86. The summed E-state index contributed by atoms with van der Waals surface area (Å²) in [4.78, 5) is 21.7. The third-order valence-electron chi connectivity index (χ3n) is 2.28. The van der Waals surface area contributed by atoms with Crippen molar-refractivity contribution in [1.29, 1.82) is 0 Å². The molecule has 1 fully saturated rings. The molecular weight excluding hydrogens is 270 g/mol. The number of rotatable bonds is 5. The molecule has 0 aromatic rings. The predicted octanol–water partition coefficient (Wildman–Crippen LogP) is -0.661. The number of carboxylic acids is 1. The maximum Gasteiger partial charge on any atom is 0.322 e. The number of hydrogen-bond acceptors (Lipinski definition) is 6. The van der Waals surface area contributed by atoms with Crippen molar-refractivity contribution in [3.8, 4) is 0 Å². The highest BCUT2D eigenvalue weighted by atomic mass is 32.2. The van der Waals surface area contributed by atoms with E-state index in [-0.39, 0.29) is 18.1 Å². The number of aliphatic carboxylic acids is 1. The van der Waals surface area contributed by atoms with Gasteiger partial charge in [-0.3, -0.25) is 9.59 Å². The molecule has 1 N–H and O–H groups in total. The van der Waals surface area contributed by atoms with E-state index in [1.54, 1.807) is 0 Å². The molecule has 98 valence electrons. The molecule has 1 atom stereocenters. The van der Waals surface area contributed by atoms with Crippen LogP contribution in [-0.4, -0.2) is 60.3 Å². The quantitative estimate of drug-likeness (QED) is 0.668. The van der Waals surface area contributed by atoms with Gasteiger partial charge in [0, 0.05) is 5.75 Å². The highest BCUT2D eigenvalue weighted by Crippen LogP contribution is 2.24. The monoisotopic (exact) mass is 283 g/mol. The zero-order valence-corrected chi connectivity index (χ0v) is 10.8. The van der Waals surface area contributed by atoms with Crippen LogP contribution in [0.5, 0.6) is 0 Å². The van der Waals surface area contributed by atoms with Crippen molar-refractivity contribution in [1.82, 2.24) is 4.31 Å². The van der Waals surface area contributed by atoms with Crippen molar-refractivity contribution in [2.24, 2.45) is 0 Å². The van der Waals surface area contributed by atoms with Crippen LogP contribution in [0.15, 0.2) is 0 Å². The maximum atomic E-state index is 11.8. The Morgan fingerprint density at radius 1 is 1.53 bits per heavy atom. The number of carboxylic acid groups (broad SMARTS) is 1. The fraction of sp³-hybridized carbons (Fsp3) is 0.750. The van der Waals surface area contributed by atoms with Gasteiger partial charge in [-0.1, -0.05) is 0 Å². The van der Waals surface area contributed by atoms with E-state index in [1.165, 1.54) is 18.9 Å². The van der Waals surface area contributed by atoms with E-state index in [0.29, 0.717) is 0 Å². The summed E-state index contributed by atoms with van der Waals surface area (Å²) in [5.74, 6) is -1.89. The molecule has 7 nitrogen and oxygen atoms in total. The van der Waals surface area contributed by atoms with Crippen molar-refractivity contribution in [3.63, 3.8) is 0 Å². The number of carbonyl (C=O) groups excluding carboxylic acids is 1. The smallest absolute Gasteiger partial charge is 0.322 e. The average Bonchev–Trinajstić information content (AvgIpc) is 2.75. The number of ether oxygens (including phenoxy) is 1. The Morgan fingerprint density at radius 2 is 2.18 bits per heavy atom. The van der Waals surface area contributed by atoms with Crippen LogP contribution in [0, 0.1) is 0 Å². The lowest BCUT2D eigenvalue weighted by atomic mass is 10.4. The minimum Gasteiger partial charge on any atom is -0.480 e.